The van der Waals surface area contributed by atoms with E-state index in [1.165, 1.54) is 5.41 Å². The molecule has 1 aromatic rings. The van der Waals surface area contributed by atoms with Gasteiger partial charge < -0.3 is 9.64 Å². The number of carbonyl (C=O) groups excluding carboxylic acids is 1. The van der Waals surface area contributed by atoms with Crippen molar-refractivity contribution in [1.29, 1.82) is 0 Å². The van der Waals surface area contributed by atoms with E-state index in [2.05, 4.69) is 0 Å². The summed E-state index contributed by atoms with van der Waals surface area (Å²) in [5, 5.41) is 1.20. The molecule has 1 aromatic carbocycles. The summed E-state index contributed by atoms with van der Waals surface area (Å²) in [6, 6.07) is 7.06. The molecule has 0 radical (unpaired) electrons. The van der Waals surface area contributed by atoms with Crippen molar-refractivity contribution in [3.63, 3.8) is 0 Å². The number of hydrogen-bond donors (Lipinski definition) is 0. The smallest absolute Gasteiger partial charge is 0.256 e. The van der Waals surface area contributed by atoms with Gasteiger partial charge in [0.1, 0.15) is 6.10 Å². The number of anilines is 1. The minimum Gasteiger partial charge on any atom is -0.368 e. The molecule has 0 N–H and O–H groups in total. The Kier molecular flexibility index (Phi) is 4.06. The fourth-order valence-corrected chi connectivity index (χ4v) is 4.10. The Hall–Kier alpha value is -1.66. The first-order chi connectivity index (χ1) is 10.5. The number of rotatable bonds is 3. The quantitative estimate of drug-likeness (QED) is 0.852. The first-order valence-corrected chi connectivity index (χ1v) is 9.10. The van der Waals surface area contributed by atoms with Crippen molar-refractivity contribution < 1.29 is 17.9 Å². The number of ether oxygens (including phenoxy) is 1. The summed E-state index contributed by atoms with van der Waals surface area (Å²) in [6.07, 6.45) is 2.65. The predicted molar refractivity (Wildman–Crippen MR) is 84.4 cm³/mol. The number of amides is 1. The van der Waals surface area contributed by atoms with Crippen LogP contribution in [0.25, 0.3) is 0 Å². The molecule has 2 aliphatic heterocycles. The van der Waals surface area contributed by atoms with Crippen LogP contribution in [0.3, 0.4) is 0 Å². The lowest BCUT2D eigenvalue weighted by Gasteiger charge is -2.29. The first-order valence-electron chi connectivity index (χ1n) is 7.38. The fraction of sp³-hybridized carbons (Fsp3) is 0.438. The number of benzene rings is 1. The molecule has 0 unspecified atom stereocenters. The lowest BCUT2D eigenvalue weighted by molar-refractivity contribution is -0.127. The second kappa shape index (κ2) is 5.85. The molecule has 0 spiro atoms. The third-order valence-electron chi connectivity index (χ3n) is 4.00. The van der Waals surface area contributed by atoms with Crippen LogP contribution in [0.1, 0.15) is 18.4 Å². The van der Waals surface area contributed by atoms with Gasteiger partial charge in [-0.3, -0.25) is 4.79 Å². The van der Waals surface area contributed by atoms with Gasteiger partial charge in [0.15, 0.2) is 9.84 Å². The number of carbonyl (C=O) groups is 1. The van der Waals surface area contributed by atoms with Crippen LogP contribution in [0.15, 0.2) is 35.7 Å². The maximum absolute atomic E-state index is 12.8. The van der Waals surface area contributed by atoms with Crippen molar-refractivity contribution >= 4 is 21.4 Å². The Morgan fingerprint density at radius 1 is 1.27 bits per heavy atom. The largest absolute Gasteiger partial charge is 0.368 e. The Balaban J connectivity index is 1.93. The molecule has 2 aliphatic rings. The Labute approximate surface area is 130 Å². The fourth-order valence-electron chi connectivity index (χ4n) is 2.84. The van der Waals surface area contributed by atoms with Gasteiger partial charge in [0.25, 0.3) is 5.91 Å². The van der Waals surface area contributed by atoms with Gasteiger partial charge in [-0.25, -0.2) is 8.42 Å². The maximum atomic E-state index is 12.8. The highest BCUT2D eigenvalue weighted by Crippen LogP contribution is 2.26. The minimum atomic E-state index is -3.23. The molecule has 118 valence electrons. The summed E-state index contributed by atoms with van der Waals surface area (Å²) in [5.74, 6) is -0.229. The van der Waals surface area contributed by atoms with Crippen LogP contribution in [0.5, 0.6) is 0 Å². The standard InChI is InChI=1S/C16H19NO4S/c1-12-4-6-13(7-5-12)17(14-8-10-22(19,20)11-14)16(18)15-3-2-9-21-15/h4-8,10,14-15H,2-3,9,11H2,1H3/t14-,15-/m1/s1. The number of aryl methyl sites for hydroxylation is 1. The zero-order valence-corrected chi connectivity index (χ0v) is 13.3. The van der Waals surface area contributed by atoms with Crippen molar-refractivity contribution in [3.05, 3.63) is 41.3 Å². The summed E-state index contributed by atoms with van der Waals surface area (Å²) in [7, 11) is -3.23. The van der Waals surface area contributed by atoms with Crippen molar-refractivity contribution in [2.75, 3.05) is 17.3 Å². The molecule has 1 fully saturated rings. The first kappa shape index (κ1) is 15.2. The molecule has 3 rings (SSSR count). The van der Waals surface area contributed by atoms with Gasteiger partial charge in [-0.1, -0.05) is 17.7 Å². The zero-order valence-electron chi connectivity index (χ0n) is 12.4. The Morgan fingerprint density at radius 2 is 2.00 bits per heavy atom. The third-order valence-corrected chi connectivity index (χ3v) is 5.38. The monoisotopic (exact) mass is 321 g/mol. The number of nitrogens with zero attached hydrogens (tertiary/aromatic N) is 1. The van der Waals surface area contributed by atoms with E-state index in [-0.39, 0.29) is 11.7 Å². The summed E-state index contributed by atoms with van der Waals surface area (Å²) in [6.45, 7) is 2.55. The van der Waals surface area contributed by atoms with Gasteiger partial charge in [0.2, 0.25) is 0 Å². The molecule has 2 heterocycles. The van der Waals surface area contributed by atoms with Crippen LogP contribution in [0.4, 0.5) is 5.69 Å². The van der Waals surface area contributed by atoms with Gasteiger partial charge in [0.05, 0.1) is 11.8 Å². The second-order valence-corrected chi connectivity index (χ2v) is 7.70. The Bertz CT molecular complexity index is 687. The van der Waals surface area contributed by atoms with Crippen molar-refractivity contribution in [1.82, 2.24) is 0 Å². The van der Waals surface area contributed by atoms with E-state index in [4.69, 9.17) is 4.74 Å². The average molecular weight is 321 g/mol. The van der Waals surface area contributed by atoms with Crippen molar-refractivity contribution in [2.45, 2.75) is 31.9 Å². The van der Waals surface area contributed by atoms with Crippen molar-refractivity contribution in [2.24, 2.45) is 0 Å². The van der Waals surface area contributed by atoms with Crippen LogP contribution >= 0.6 is 0 Å². The van der Waals surface area contributed by atoms with Gasteiger partial charge in [0, 0.05) is 17.7 Å². The van der Waals surface area contributed by atoms with Crippen LogP contribution in [-0.2, 0) is 19.4 Å². The third kappa shape index (κ3) is 3.08. The normalized spacial score (nSPS) is 26.2. The van der Waals surface area contributed by atoms with E-state index < -0.39 is 22.0 Å². The zero-order chi connectivity index (χ0) is 15.7. The molecular formula is C16H19NO4S. The molecule has 2 atom stereocenters. The van der Waals surface area contributed by atoms with Crippen LogP contribution in [0.2, 0.25) is 0 Å². The van der Waals surface area contributed by atoms with E-state index >= 15 is 0 Å². The molecule has 0 saturated carbocycles. The summed E-state index contributed by atoms with van der Waals surface area (Å²) in [5.41, 5.74) is 1.79. The molecule has 1 amide bonds. The molecule has 1 saturated heterocycles. The highest BCUT2D eigenvalue weighted by Gasteiger charge is 2.36. The van der Waals surface area contributed by atoms with Crippen LogP contribution in [0, 0.1) is 6.92 Å². The SMILES string of the molecule is Cc1ccc(N(C(=O)[C@H]2CCCO2)[C@@H]2C=CS(=O)(=O)C2)cc1. The summed E-state index contributed by atoms with van der Waals surface area (Å²) in [4.78, 5) is 14.4. The van der Waals surface area contributed by atoms with Crippen molar-refractivity contribution in [3.8, 4) is 0 Å². The summed E-state index contributed by atoms with van der Waals surface area (Å²) < 4.78 is 28.9. The van der Waals surface area contributed by atoms with Gasteiger partial charge in [-0.15, -0.1) is 0 Å². The second-order valence-electron chi connectivity index (χ2n) is 5.77. The van der Waals surface area contributed by atoms with E-state index in [9.17, 15) is 13.2 Å². The maximum Gasteiger partial charge on any atom is 0.256 e. The Morgan fingerprint density at radius 3 is 2.55 bits per heavy atom. The van der Waals surface area contributed by atoms with Crippen LogP contribution in [-0.4, -0.2) is 38.8 Å². The van der Waals surface area contributed by atoms with Gasteiger partial charge in [-0.2, -0.15) is 0 Å². The van der Waals surface area contributed by atoms with Gasteiger partial charge in [-0.05, 0) is 38.0 Å². The van der Waals surface area contributed by atoms with Crippen LogP contribution < -0.4 is 4.90 Å². The highest BCUT2D eigenvalue weighted by molar-refractivity contribution is 7.94. The van der Waals surface area contributed by atoms with Gasteiger partial charge >= 0.3 is 0 Å². The van der Waals surface area contributed by atoms with E-state index in [0.29, 0.717) is 18.7 Å². The highest BCUT2D eigenvalue weighted by atomic mass is 32.2. The number of hydrogen-bond acceptors (Lipinski definition) is 4. The minimum absolute atomic E-state index is 0.0701. The topological polar surface area (TPSA) is 63.7 Å². The molecule has 0 bridgehead atoms. The molecule has 0 aliphatic carbocycles. The average Bonchev–Trinajstić information content (AvgIpc) is 3.11. The lowest BCUT2D eigenvalue weighted by Crippen LogP contribution is -2.46. The van der Waals surface area contributed by atoms with E-state index in [1.807, 2.05) is 31.2 Å². The molecule has 6 heteroatoms. The molecule has 5 nitrogen and oxygen atoms in total. The molecule has 0 aromatic heterocycles. The predicted octanol–water partition coefficient (Wildman–Crippen LogP) is 1.82. The number of sulfone groups is 1. The molecular weight excluding hydrogens is 302 g/mol. The van der Waals surface area contributed by atoms with E-state index in [1.54, 1.807) is 11.0 Å². The lowest BCUT2D eigenvalue weighted by atomic mass is 10.1. The summed E-state index contributed by atoms with van der Waals surface area (Å²) >= 11 is 0. The molecule has 22 heavy (non-hydrogen) atoms. The van der Waals surface area contributed by atoms with E-state index in [0.717, 1.165) is 12.0 Å².